The molecule has 6 heteroatoms. The Bertz CT molecular complexity index is 990. The molecule has 0 fully saturated rings. The number of carbonyl (C=O) groups is 1. The van der Waals surface area contributed by atoms with E-state index in [4.69, 9.17) is 5.26 Å². The van der Waals surface area contributed by atoms with Gasteiger partial charge in [0.1, 0.15) is 6.07 Å². The Kier molecular flexibility index (Phi) is 4.90. The van der Waals surface area contributed by atoms with Crippen LogP contribution in [-0.4, -0.2) is 16.1 Å². The molecule has 0 unspecified atom stereocenters. The number of hydrogen-bond acceptors (Lipinski definition) is 5. The zero-order valence-electron chi connectivity index (χ0n) is 14.4. The van der Waals surface area contributed by atoms with Crippen molar-refractivity contribution in [2.75, 3.05) is 10.6 Å². The van der Waals surface area contributed by atoms with Gasteiger partial charge in [-0.1, -0.05) is 29.8 Å². The zero-order valence-corrected chi connectivity index (χ0v) is 14.4. The molecule has 0 aliphatic rings. The highest BCUT2D eigenvalue weighted by molar-refractivity contribution is 6.03. The number of rotatable bonds is 4. The van der Waals surface area contributed by atoms with E-state index in [0.29, 0.717) is 17.1 Å². The molecule has 128 valence electrons. The number of nitriles is 1. The predicted octanol–water partition coefficient (Wildman–Crippen LogP) is 3.96. The maximum Gasteiger partial charge on any atom is 0.276 e. The van der Waals surface area contributed by atoms with E-state index in [1.54, 1.807) is 36.4 Å². The van der Waals surface area contributed by atoms with Crippen LogP contribution in [0.2, 0.25) is 0 Å². The van der Waals surface area contributed by atoms with Crippen molar-refractivity contribution in [1.29, 1.82) is 5.26 Å². The fourth-order valence-electron chi connectivity index (χ4n) is 2.49. The number of para-hydroxylation sites is 1. The molecule has 0 aliphatic heterocycles. The number of amides is 1. The summed E-state index contributed by atoms with van der Waals surface area (Å²) in [5.74, 6) is 0.129. The molecule has 0 atom stereocenters. The number of anilines is 3. The molecule has 0 radical (unpaired) electrons. The van der Waals surface area contributed by atoms with Gasteiger partial charge in [0.2, 0.25) is 0 Å². The maximum absolute atomic E-state index is 12.3. The Hall–Kier alpha value is -3.72. The Morgan fingerprint density at radius 2 is 1.81 bits per heavy atom. The molecular formula is C20H17N5O. The van der Waals surface area contributed by atoms with Crippen molar-refractivity contribution in [3.8, 4) is 6.07 Å². The van der Waals surface area contributed by atoms with Crippen molar-refractivity contribution in [2.24, 2.45) is 0 Å². The monoisotopic (exact) mass is 343 g/mol. The molecule has 1 aromatic heterocycles. The third kappa shape index (κ3) is 3.84. The first kappa shape index (κ1) is 17.1. The van der Waals surface area contributed by atoms with Crippen LogP contribution in [0.1, 0.15) is 27.2 Å². The maximum atomic E-state index is 12.3. The number of hydrogen-bond donors (Lipinski definition) is 2. The smallest absolute Gasteiger partial charge is 0.276 e. The average Bonchev–Trinajstić information content (AvgIpc) is 2.65. The normalized spacial score (nSPS) is 10.0. The van der Waals surface area contributed by atoms with Crippen LogP contribution in [0.5, 0.6) is 0 Å². The molecule has 1 heterocycles. The molecule has 0 aliphatic carbocycles. The Labute approximate surface area is 151 Å². The first-order valence-electron chi connectivity index (χ1n) is 8.05. The number of benzene rings is 2. The van der Waals surface area contributed by atoms with Gasteiger partial charge in [0.05, 0.1) is 11.3 Å². The first-order chi connectivity index (χ1) is 12.6. The lowest BCUT2D eigenvalue weighted by Crippen LogP contribution is -2.15. The van der Waals surface area contributed by atoms with E-state index in [0.717, 1.165) is 11.3 Å². The van der Waals surface area contributed by atoms with Gasteiger partial charge in [0, 0.05) is 5.69 Å². The lowest BCUT2D eigenvalue weighted by atomic mass is 10.1. The van der Waals surface area contributed by atoms with Crippen molar-refractivity contribution < 1.29 is 4.79 Å². The van der Waals surface area contributed by atoms with Crippen LogP contribution in [0, 0.1) is 25.2 Å². The average molecular weight is 343 g/mol. The summed E-state index contributed by atoms with van der Waals surface area (Å²) in [6.45, 7) is 4.05. The lowest BCUT2D eigenvalue weighted by molar-refractivity contribution is 0.102. The highest BCUT2D eigenvalue weighted by Gasteiger charge is 2.11. The fraction of sp³-hybridized carbons (Fsp3) is 0.100. The van der Waals surface area contributed by atoms with Crippen LogP contribution in [0.3, 0.4) is 0 Å². The minimum absolute atomic E-state index is 0.170. The molecule has 3 rings (SSSR count). The van der Waals surface area contributed by atoms with Crippen LogP contribution in [-0.2, 0) is 0 Å². The molecule has 1 amide bonds. The molecule has 0 saturated heterocycles. The number of carbonyl (C=O) groups excluding carboxylic acids is 1. The first-order valence-corrected chi connectivity index (χ1v) is 8.05. The van der Waals surface area contributed by atoms with Crippen molar-refractivity contribution >= 4 is 23.1 Å². The summed E-state index contributed by atoms with van der Waals surface area (Å²) in [6.07, 6.45) is 0. The van der Waals surface area contributed by atoms with Crippen molar-refractivity contribution in [3.05, 3.63) is 77.0 Å². The van der Waals surface area contributed by atoms with Crippen molar-refractivity contribution in [3.63, 3.8) is 0 Å². The second-order valence-corrected chi connectivity index (χ2v) is 5.86. The van der Waals surface area contributed by atoms with Crippen molar-refractivity contribution in [2.45, 2.75) is 13.8 Å². The van der Waals surface area contributed by atoms with Crippen LogP contribution in [0.15, 0.2) is 54.6 Å². The number of aromatic nitrogens is 2. The van der Waals surface area contributed by atoms with Crippen LogP contribution in [0.25, 0.3) is 0 Å². The fourth-order valence-corrected chi connectivity index (χ4v) is 2.49. The Morgan fingerprint density at radius 1 is 1.00 bits per heavy atom. The summed E-state index contributed by atoms with van der Waals surface area (Å²) in [6, 6.07) is 18.2. The van der Waals surface area contributed by atoms with Gasteiger partial charge in [-0.05, 0) is 49.7 Å². The summed E-state index contributed by atoms with van der Waals surface area (Å²) >= 11 is 0. The lowest BCUT2D eigenvalue weighted by Gasteiger charge is -2.10. The summed E-state index contributed by atoms with van der Waals surface area (Å²) < 4.78 is 0. The quantitative estimate of drug-likeness (QED) is 0.748. The van der Waals surface area contributed by atoms with Crippen LogP contribution >= 0.6 is 0 Å². The minimum Gasteiger partial charge on any atom is -0.339 e. The highest BCUT2D eigenvalue weighted by Crippen LogP contribution is 2.20. The van der Waals surface area contributed by atoms with Gasteiger partial charge in [-0.3, -0.25) is 4.79 Å². The van der Waals surface area contributed by atoms with Gasteiger partial charge in [0.15, 0.2) is 11.5 Å². The summed E-state index contributed by atoms with van der Waals surface area (Å²) in [5, 5.41) is 23.0. The third-order valence-corrected chi connectivity index (χ3v) is 3.84. The highest BCUT2D eigenvalue weighted by atomic mass is 16.1. The SMILES string of the molecule is Cc1ccc(Nc2ccc(C(=O)Nc3ccccc3C#N)nn2)c(C)c1. The number of nitrogens with zero attached hydrogens (tertiary/aromatic N) is 3. The molecule has 0 saturated carbocycles. The molecule has 6 nitrogen and oxygen atoms in total. The van der Waals surface area contributed by atoms with Gasteiger partial charge in [-0.15, -0.1) is 10.2 Å². The second kappa shape index (κ2) is 7.45. The Morgan fingerprint density at radius 3 is 2.50 bits per heavy atom. The minimum atomic E-state index is -0.418. The van der Waals surface area contributed by atoms with Crippen LogP contribution < -0.4 is 10.6 Å². The molecule has 3 aromatic rings. The molecular weight excluding hydrogens is 326 g/mol. The predicted molar refractivity (Wildman–Crippen MR) is 100 cm³/mol. The third-order valence-electron chi connectivity index (χ3n) is 3.84. The summed E-state index contributed by atoms with van der Waals surface area (Å²) in [4.78, 5) is 12.3. The molecule has 0 bridgehead atoms. The van der Waals surface area contributed by atoms with Gasteiger partial charge in [-0.2, -0.15) is 5.26 Å². The molecule has 0 spiro atoms. The summed E-state index contributed by atoms with van der Waals surface area (Å²) in [5.41, 5.74) is 4.22. The molecule has 2 N–H and O–H groups in total. The zero-order chi connectivity index (χ0) is 18.5. The van der Waals surface area contributed by atoms with E-state index in [-0.39, 0.29) is 5.69 Å². The van der Waals surface area contributed by atoms with E-state index in [9.17, 15) is 4.79 Å². The number of aryl methyl sites for hydroxylation is 2. The van der Waals surface area contributed by atoms with Gasteiger partial charge < -0.3 is 10.6 Å². The van der Waals surface area contributed by atoms with E-state index in [1.165, 1.54) is 5.56 Å². The largest absolute Gasteiger partial charge is 0.339 e. The van der Waals surface area contributed by atoms with Gasteiger partial charge in [0.25, 0.3) is 5.91 Å². The summed E-state index contributed by atoms with van der Waals surface area (Å²) in [7, 11) is 0. The van der Waals surface area contributed by atoms with Gasteiger partial charge >= 0.3 is 0 Å². The topological polar surface area (TPSA) is 90.7 Å². The van der Waals surface area contributed by atoms with Crippen molar-refractivity contribution in [1.82, 2.24) is 10.2 Å². The Balaban J connectivity index is 1.73. The molecule has 2 aromatic carbocycles. The second-order valence-electron chi connectivity index (χ2n) is 5.86. The number of nitrogens with one attached hydrogen (secondary N) is 2. The van der Waals surface area contributed by atoms with E-state index >= 15 is 0 Å². The van der Waals surface area contributed by atoms with E-state index in [2.05, 4.69) is 26.9 Å². The molecule has 26 heavy (non-hydrogen) atoms. The van der Waals surface area contributed by atoms with E-state index < -0.39 is 5.91 Å². The standard InChI is InChI=1S/C20H17N5O/c1-13-7-8-16(14(2)11-13)22-19-10-9-18(24-25-19)20(26)23-17-6-4-3-5-15(17)12-21/h3-11H,1-2H3,(H,22,25)(H,23,26). The van der Waals surface area contributed by atoms with E-state index in [1.807, 2.05) is 32.0 Å². The van der Waals surface area contributed by atoms with Gasteiger partial charge in [-0.25, -0.2) is 0 Å². The van der Waals surface area contributed by atoms with Crippen LogP contribution in [0.4, 0.5) is 17.2 Å².